The zero-order valence-corrected chi connectivity index (χ0v) is 28.3. The van der Waals surface area contributed by atoms with Crippen molar-refractivity contribution in [1.29, 1.82) is 0 Å². The fourth-order valence-corrected chi connectivity index (χ4v) is 7.83. The van der Waals surface area contributed by atoms with Gasteiger partial charge in [-0.1, -0.05) is 6.92 Å². The first-order valence-corrected chi connectivity index (χ1v) is 17.2. The number of aliphatic hydroxyl groups excluding tert-OH is 9. The fraction of sp³-hybridized carbons (Fsp3) is 0.758. The second-order valence-corrected chi connectivity index (χ2v) is 14.6. The number of ether oxygens (including phenoxy) is 6. The molecule has 1 aromatic carbocycles. The minimum absolute atomic E-state index is 0.0822. The van der Waals surface area contributed by atoms with Gasteiger partial charge in [-0.3, -0.25) is 4.79 Å². The number of rotatable bonds is 7. The number of carbonyl (C=O) groups is 2. The number of benzene rings is 1. The van der Waals surface area contributed by atoms with E-state index in [1.807, 2.05) is 0 Å². The zero-order chi connectivity index (χ0) is 38.8. The molecule has 0 aromatic heterocycles. The Kier molecular flexibility index (Phi) is 11.2. The zero-order valence-electron chi connectivity index (χ0n) is 28.3. The number of fused-ring (bicyclic) bond motifs is 1. The number of hydrogen-bond donors (Lipinski definition) is 12. The molecule has 3 saturated heterocycles. The molecule has 2 aliphatic carbocycles. The highest BCUT2D eigenvalue weighted by Gasteiger charge is 2.77. The van der Waals surface area contributed by atoms with Crippen molar-refractivity contribution in [3.8, 4) is 5.75 Å². The standard InChI is InChI=1S/C33H46O20/c1-12-11-48-31(9-18(12)50-27(43)13-2-4-15(35)5-3-13)30(45)33(47)20(37)6-14(8-32(33,46)53-31)28(44)49-17-7-16(36)21(38)24(41)26(17)52-29-25(42)23(40)22(39)19(10-34)51-29/h2-5,12,14,16-26,29-30,34-42,45-47H,6-11H2,1H3/t12-,14+,16+,17-,18+,19-,20+,21-,22-,23+,24+,25-,26+,29?,30+,31+,32-,33+/m1/s1. The van der Waals surface area contributed by atoms with Gasteiger partial charge in [-0.15, -0.1) is 0 Å². The summed E-state index contributed by atoms with van der Waals surface area (Å²) in [5, 5.41) is 127. The minimum Gasteiger partial charge on any atom is -0.508 e. The van der Waals surface area contributed by atoms with Crippen LogP contribution in [0.5, 0.6) is 5.75 Å². The largest absolute Gasteiger partial charge is 0.508 e. The third-order valence-corrected chi connectivity index (χ3v) is 11.1. The van der Waals surface area contributed by atoms with Crippen molar-refractivity contribution < 1.29 is 99.3 Å². The molecule has 18 atom stereocenters. The molecule has 20 heteroatoms. The summed E-state index contributed by atoms with van der Waals surface area (Å²) in [7, 11) is 0. The predicted molar refractivity (Wildman–Crippen MR) is 167 cm³/mol. The average Bonchev–Trinajstić information content (AvgIpc) is 3.29. The SMILES string of the molecule is C[C@@H]1CO[C@@]2(C[C@@H]1OC(=O)c1ccc(O)cc1)O[C@]1(O)C[C@@H](C(=O)O[C@@H]3C[C@H](O)[C@@H](O)[C@H](O)[C@H]3OC3O[C@H](CO)[C@@H](O)[C@H](O)[C@H]3O)C[C@H](O)[C@]1(O)[C@H]2O. The molecule has 20 nitrogen and oxygen atoms in total. The molecule has 12 N–H and O–H groups in total. The Morgan fingerprint density at radius 1 is 0.849 bits per heavy atom. The van der Waals surface area contributed by atoms with Crippen LogP contribution in [0.4, 0.5) is 0 Å². The van der Waals surface area contributed by atoms with E-state index in [-0.39, 0.29) is 17.9 Å². The number of esters is 2. The highest BCUT2D eigenvalue weighted by Crippen LogP contribution is 2.56. The summed E-state index contributed by atoms with van der Waals surface area (Å²) in [6.07, 6.45) is -25.3. The molecule has 3 aliphatic heterocycles. The fourth-order valence-electron chi connectivity index (χ4n) is 7.83. The summed E-state index contributed by atoms with van der Waals surface area (Å²) in [5.74, 6) is -9.13. The maximum absolute atomic E-state index is 13.6. The van der Waals surface area contributed by atoms with Crippen LogP contribution in [0.15, 0.2) is 24.3 Å². The van der Waals surface area contributed by atoms with Gasteiger partial charge < -0.3 is 89.7 Å². The van der Waals surface area contributed by atoms with E-state index in [4.69, 9.17) is 28.4 Å². The number of phenolic OH excluding ortho intramolecular Hbond substituents is 1. The van der Waals surface area contributed by atoms with E-state index in [0.717, 1.165) is 0 Å². The topological polar surface area (TPSA) is 332 Å². The summed E-state index contributed by atoms with van der Waals surface area (Å²) in [4.78, 5) is 26.5. The van der Waals surface area contributed by atoms with Crippen molar-refractivity contribution in [2.45, 2.75) is 129 Å². The summed E-state index contributed by atoms with van der Waals surface area (Å²) in [6.45, 7) is 0.657. The Morgan fingerprint density at radius 3 is 2.19 bits per heavy atom. The third-order valence-electron chi connectivity index (χ3n) is 11.1. The van der Waals surface area contributed by atoms with Gasteiger partial charge in [-0.05, 0) is 30.7 Å². The van der Waals surface area contributed by atoms with Crippen molar-refractivity contribution in [1.82, 2.24) is 0 Å². The van der Waals surface area contributed by atoms with E-state index in [0.29, 0.717) is 0 Å². The van der Waals surface area contributed by atoms with E-state index >= 15 is 0 Å². The molecule has 298 valence electrons. The Bertz CT molecular complexity index is 1480. The molecule has 3 heterocycles. The first kappa shape index (κ1) is 40.0. The van der Waals surface area contributed by atoms with Crippen LogP contribution in [0, 0.1) is 11.8 Å². The Morgan fingerprint density at radius 2 is 1.53 bits per heavy atom. The molecule has 53 heavy (non-hydrogen) atoms. The van der Waals surface area contributed by atoms with Crippen LogP contribution in [0.2, 0.25) is 0 Å². The molecule has 0 bridgehead atoms. The average molecular weight is 763 g/mol. The van der Waals surface area contributed by atoms with Crippen LogP contribution in [0.3, 0.4) is 0 Å². The number of carbonyl (C=O) groups excluding carboxylic acids is 2. The molecular formula is C33H46O20. The number of aliphatic hydroxyl groups is 11. The van der Waals surface area contributed by atoms with Crippen LogP contribution >= 0.6 is 0 Å². The first-order chi connectivity index (χ1) is 24.9. The molecule has 1 spiro atoms. The molecule has 1 unspecified atom stereocenters. The normalized spacial score (nSPS) is 48.6. The molecule has 6 rings (SSSR count). The quantitative estimate of drug-likeness (QED) is 0.116. The van der Waals surface area contributed by atoms with Gasteiger partial charge in [0.15, 0.2) is 11.9 Å². The molecular weight excluding hydrogens is 716 g/mol. The summed E-state index contributed by atoms with van der Waals surface area (Å²) >= 11 is 0. The summed E-state index contributed by atoms with van der Waals surface area (Å²) in [6, 6.07) is 5.22. The van der Waals surface area contributed by atoms with Crippen LogP contribution < -0.4 is 0 Å². The molecule has 5 aliphatic rings. The molecule has 2 saturated carbocycles. The highest BCUT2D eigenvalue weighted by molar-refractivity contribution is 5.89. The van der Waals surface area contributed by atoms with Gasteiger partial charge in [0.05, 0.1) is 36.9 Å². The Labute approximate surface area is 301 Å². The molecule has 1 aromatic rings. The number of hydrogen-bond acceptors (Lipinski definition) is 20. The second kappa shape index (κ2) is 14.8. The summed E-state index contributed by atoms with van der Waals surface area (Å²) < 4.78 is 33.8. The van der Waals surface area contributed by atoms with Gasteiger partial charge in [0, 0.05) is 25.2 Å². The van der Waals surface area contributed by atoms with Crippen molar-refractivity contribution in [3.05, 3.63) is 29.8 Å². The van der Waals surface area contributed by atoms with E-state index in [9.17, 15) is 70.9 Å². The molecule has 0 amide bonds. The van der Waals surface area contributed by atoms with Gasteiger partial charge in [-0.25, -0.2) is 4.79 Å². The number of aromatic hydroxyl groups is 1. The maximum atomic E-state index is 13.6. The van der Waals surface area contributed by atoms with Gasteiger partial charge in [-0.2, -0.15) is 0 Å². The van der Waals surface area contributed by atoms with Crippen LogP contribution in [0.25, 0.3) is 0 Å². The first-order valence-electron chi connectivity index (χ1n) is 17.2. The van der Waals surface area contributed by atoms with E-state index in [2.05, 4.69) is 0 Å². The van der Waals surface area contributed by atoms with Gasteiger partial charge in [0.25, 0.3) is 0 Å². The lowest BCUT2D eigenvalue weighted by atomic mass is 9.69. The smallest absolute Gasteiger partial charge is 0.338 e. The van der Waals surface area contributed by atoms with E-state index in [1.165, 1.54) is 24.3 Å². The molecule has 0 radical (unpaired) electrons. The minimum atomic E-state index is -2.87. The summed E-state index contributed by atoms with van der Waals surface area (Å²) in [5.41, 5.74) is -2.74. The van der Waals surface area contributed by atoms with Crippen molar-refractivity contribution >= 4 is 11.9 Å². The van der Waals surface area contributed by atoms with E-state index in [1.54, 1.807) is 6.92 Å². The lowest BCUT2D eigenvalue weighted by Crippen LogP contribution is -2.68. The Hall–Kier alpha value is -2.64. The second-order valence-electron chi connectivity index (χ2n) is 14.6. The van der Waals surface area contributed by atoms with Crippen LogP contribution in [-0.4, -0.2) is 183 Å². The Balaban J connectivity index is 1.18. The van der Waals surface area contributed by atoms with Crippen molar-refractivity contribution in [2.24, 2.45) is 11.8 Å². The van der Waals surface area contributed by atoms with Crippen molar-refractivity contribution in [3.63, 3.8) is 0 Å². The van der Waals surface area contributed by atoms with Gasteiger partial charge in [0.1, 0.15) is 66.8 Å². The highest BCUT2D eigenvalue weighted by atomic mass is 16.8. The molecule has 5 fully saturated rings. The number of phenols is 1. The van der Waals surface area contributed by atoms with Gasteiger partial charge >= 0.3 is 11.9 Å². The van der Waals surface area contributed by atoms with E-state index < -0.39 is 153 Å². The van der Waals surface area contributed by atoms with Gasteiger partial charge in [0.2, 0.25) is 11.6 Å². The monoisotopic (exact) mass is 762 g/mol. The van der Waals surface area contributed by atoms with Crippen LogP contribution in [-0.2, 0) is 33.2 Å². The van der Waals surface area contributed by atoms with Crippen molar-refractivity contribution in [2.75, 3.05) is 13.2 Å². The maximum Gasteiger partial charge on any atom is 0.338 e. The third kappa shape index (κ3) is 6.93. The predicted octanol–water partition coefficient (Wildman–Crippen LogP) is -5.16. The van der Waals surface area contributed by atoms with Crippen LogP contribution in [0.1, 0.15) is 43.0 Å². The lowest BCUT2D eigenvalue weighted by Gasteiger charge is -2.47. The lowest BCUT2D eigenvalue weighted by molar-refractivity contribution is -0.363.